The van der Waals surface area contributed by atoms with Crippen molar-refractivity contribution in [3.8, 4) is 5.88 Å². The predicted octanol–water partition coefficient (Wildman–Crippen LogP) is 2.77. The molecule has 0 atom stereocenters. The van der Waals surface area contributed by atoms with Gasteiger partial charge in [-0.25, -0.2) is 0 Å². The van der Waals surface area contributed by atoms with E-state index in [0.29, 0.717) is 6.54 Å². The Labute approximate surface area is 123 Å². The van der Waals surface area contributed by atoms with Crippen LogP contribution in [0.15, 0.2) is 9.79 Å². The van der Waals surface area contributed by atoms with Crippen LogP contribution in [0.4, 0.5) is 0 Å². The van der Waals surface area contributed by atoms with Crippen molar-refractivity contribution >= 4 is 18.4 Å². The van der Waals surface area contributed by atoms with Gasteiger partial charge in [-0.2, -0.15) is 0 Å². The molecule has 5 nitrogen and oxygen atoms in total. The van der Waals surface area contributed by atoms with E-state index in [0.717, 1.165) is 12.8 Å². The van der Waals surface area contributed by atoms with Crippen molar-refractivity contribution in [2.75, 3.05) is 0 Å². The van der Waals surface area contributed by atoms with Gasteiger partial charge < -0.3 is 5.11 Å². The minimum absolute atomic E-state index is 0.0985. The van der Waals surface area contributed by atoms with Crippen LogP contribution in [0, 0.1) is 4.77 Å². The molecule has 1 heterocycles. The Morgan fingerprint density at radius 3 is 2.65 bits per heavy atom. The second-order valence-corrected chi connectivity index (χ2v) is 5.55. The molecule has 1 fully saturated rings. The van der Waals surface area contributed by atoms with Crippen LogP contribution in [0.3, 0.4) is 0 Å². The van der Waals surface area contributed by atoms with E-state index in [1.165, 1.54) is 36.5 Å². The Morgan fingerprint density at radius 2 is 2.05 bits per heavy atom. The van der Waals surface area contributed by atoms with Gasteiger partial charge in [0.25, 0.3) is 5.56 Å². The minimum Gasteiger partial charge on any atom is -0.494 e. The average molecular weight is 295 g/mol. The van der Waals surface area contributed by atoms with Gasteiger partial charge in [-0.1, -0.05) is 25.7 Å². The predicted molar refractivity (Wildman–Crippen MR) is 82.3 cm³/mol. The molecule has 0 aliphatic heterocycles. The van der Waals surface area contributed by atoms with Crippen molar-refractivity contribution in [3.05, 3.63) is 20.7 Å². The maximum Gasteiger partial charge on any atom is 0.264 e. The fourth-order valence-electron chi connectivity index (χ4n) is 2.57. The molecule has 2 rings (SSSR count). The number of aromatic hydroxyl groups is 1. The van der Waals surface area contributed by atoms with E-state index in [1.54, 1.807) is 0 Å². The Hall–Kier alpha value is -1.43. The highest BCUT2D eigenvalue weighted by atomic mass is 32.1. The zero-order valence-electron chi connectivity index (χ0n) is 11.8. The smallest absolute Gasteiger partial charge is 0.264 e. The number of hydrogen-bond acceptors (Lipinski definition) is 4. The number of nitrogens with one attached hydrogen (secondary N) is 1. The van der Waals surface area contributed by atoms with Gasteiger partial charge in [0.1, 0.15) is 5.56 Å². The topological polar surface area (TPSA) is 70.4 Å². The van der Waals surface area contributed by atoms with Crippen LogP contribution in [0.1, 0.15) is 51.0 Å². The van der Waals surface area contributed by atoms with E-state index >= 15 is 0 Å². The molecule has 0 spiro atoms. The van der Waals surface area contributed by atoms with Gasteiger partial charge in [0, 0.05) is 18.8 Å². The lowest BCUT2D eigenvalue weighted by atomic mass is 10.1. The van der Waals surface area contributed by atoms with Gasteiger partial charge in [0.05, 0.1) is 0 Å². The van der Waals surface area contributed by atoms with Crippen molar-refractivity contribution in [1.29, 1.82) is 0 Å². The number of hydrogen-bond donors (Lipinski definition) is 2. The Bertz CT molecular complexity index is 595. The average Bonchev–Trinajstić information content (AvgIpc) is 2.67. The molecule has 0 radical (unpaired) electrons. The van der Waals surface area contributed by atoms with Crippen LogP contribution < -0.4 is 5.56 Å². The number of aromatic amines is 1. The number of aromatic nitrogens is 2. The minimum atomic E-state index is -0.380. The Balaban J connectivity index is 2.28. The maximum absolute atomic E-state index is 11.9. The van der Waals surface area contributed by atoms with Crippen LogP contribution in [-0.2, 0) is 6.54 Å². The van der Waals surface area contributed by atoms with E-state index in [2.05, 4.69) is 9.98 Å². The van der Waals surface area contributed by atoms with Crippen LogP contribution in [0.2, 0.25) is 0 Å². The first-order valence-corrected chi connectivity index (χ1v) is 7.63. The lowest BCUT2D eigenvalue weighted by molar-refractivity contribution is 0.408. The molecule has 110 valence electrons. The van der Waals surface area contributed by atoms with Gasteiger partial charge in [-0.3, -0.25) is 19.3 Å². The molecular formula is C14H21N3O2S. The van der Waals surface area contributed by atoms with Crippen LogP contribution in [0.5, 0.6) is 5.88 Å². The first-order chi connectivity index (χ1) is 9.63. The maximum atomic E-state index is 11.9. The lowest BCUT2D eigenvalue weighted by Gasteiger charge is -2.10. The molecule has 6 heteroatoms. The molecule has 0 bridgehead atoms. The lowest BCUT2D eigenvalue weighted by Crippen LogP contribution is -2.19. The monoisotopic (exact) mass is 295 g/mol. The molecular weight excluding hydrogens is 274 g/mol. The quantitative estimate of drug-likeness (QED) is 0.512. The number of H-pyrrole nitrogens is 1. The second kappa shape index (κ2) is 6.83. The third kappa shape index (κ3) is 3.36. The van der Waals surface area contributed by atoms with Crippen molar-refractivity contribution in [2.45, 2.75) is 58.0 Å². The highest BCUT2D eigenvalue weighted by molar-refractivity contribution is 7.71. The third-order valence-electron chi connectivity index (χ3n) is 3.76. The van der Waals surface area contributed by atoms with Crippen molar-refractivity contribution in [3.63, 3.8) is 0 Å². The van der Waals surface area contributed by atoms with Crippen molar-refractivity contribution in [1.82, 2.24) is 9.55 Å². The molecule has 0 saturated heterocycles. The van der Waals surface area contributed by atoms with Crippen LogP contribution in [0.25, 0.3) is 0 Å². The van der Waals surface area contributed by atoms with E-state index in [1.807, 2.05) is 6.92 Å². The zero-order chi connectivity index (χ0) is 14.5. The zero-order valence-corrected chi connectivity index (χ0v) is 12.6. The molecule has 2 N–H and O–H groups in total. The molecule has 1 saturated carbocycles. The van der Waals surface area contributed by atoms with E-state index in [9.17, 15) is 9.90 Å². The second-order valence-electron chi connectivity index (χ2n) is 5.16. The first kappa shape index (κ1) is 15.0. The summed E-state index contributed by atoms with van der Waals surface area (Å²) in [4.78, 5) is 18.9. The highest BCUT2D eigenvalue weighted by Gasteiger charge is 2.13. The van der Waals surface area contributed by atoms with E-state index in [-0.39, 0.29) is 27.8 Å². The molecule has 0 aromatic carbocycles. The number of aliphatic imine (C=N–C) groups is 1. The molecule has 0 amide bonds. The molecule has 1 aromatic heterocycles. The molecule has 0 unspecified atom stereocenters. The van der Waals surface area contributed by atoms with E-state index in [4.69, 9.17) is 12.2 Å². The van der Waals surface area contributed by atoms with Crippen LogP contribution in [-0.4, -0.2) is 26.9 Å². The number of nitrogens with zero attached hydrogens (tertiary/aromatic N) is 2. The number of rotatable bonds is 3. The summed E-state index contributed by atoms with van der Waals surface area (Å²) >= 11 is 5.02. The van der Waals surface area contributed by atoms with Crippen molar-refractivity contribution < 1.29 is 5.11 Å². The normalized spacial score (nSPS) is 17.4. The van der Waals surface area contributed by atoms with Crippen molar-refractivity contribution in [2.24, 2.45) is 4.99 Å². The van der Waals surface area contributed by atoms with Gasteiger partial charge in [-0.05, 0) is 32.0 Å². The summed E-state index contributed by atoms with van der Waals surface area (Å²) in [5, 5.41) is 10.1. The van der Waals surface area contributed by atoms with Gasteiger partial charge >= 0.3 is 0 Å². The third-order valence-corrected chi connectivity index (χ3v) is 4.08. The summed E-state index contributed by atoms with van der Waals surface area (Å²) in [7, 11) is 0. The van der Waals surface area contributed by atoms with Gasteiger partial charge in [0.2, 0.25) is 5.88 Å². The fourth-order valence-corrected chi connectivity index (χ4v) is 2.88. The van der Waals surface area contributed by atoms with Gasteiger partial charge in [0.15, 0.2) is 4.77 Å². The fraction of sp³-hybridized carbons (Fsp3) is 0.643. The van der Waals surface area contributed by atoms with E-state index < -0.39 is 0 Å². The summed E-state index contributed by atoms with van der Waals surface area (Å²) in [6, 6.07) is 0.259. The van der Waals surface area contributed by atoms with Gasteiger partial charge in [-0.15, -0.1) is 0 Å². The largest absolute Gasteiger partial charge is 0.494 e. The molecule has 1 aliphatic rings. The standard InChI is InChI=1S/C14H21N3O2S/c1-2-17-13(19)11(12(18)16-14(17)20)9-15-10-7-5-3-4-6-8-10/h9-10,19H,2-8H2,1H3,(H,16,18,20). The first-order valence-electron chi connectivity index (χ1n) is 7.22. The Morgan fingerprint density at radius 1 is 1.40 bits per heavy atom. The summed E-state index contributed by atoms with van der Waals surface area (Å²) in [5.41, 5.74) is -0.181. The highest BCUT2D eigenvalue weighted by Crippen LogP contribution is 2.20. The molecule has 1 aromatic rings. The van der Waals surface area contributed by atoms with Crippen LogP contribution >= 0.6 is 12.2 Å². The summed E-state index contributed by atoms with van der Waals surface area (Å²) in [6.45, 7) is 2.37. The Kier molecular flexibility index (Phi) is 5.11. The molecule has 20 heavy (non-hydrogen) atoms. The molecule has 1 aliphatic carbocycles. The SMILES string of the molecule is CCn1c(O)c(C=NC2CCCCCC2)c(=O)[nH]c1=S. The summed E-state index contributed by atoms with van der Waals surface area (Å²) in [5.74, 6) is -0.0985. The summed E-state index contributed by atoms with van der Waals surface area (Å²) in [6.07, 6.45) is 8.51. The summed E-state index contributed by atoms with van der Waals surface area (Å²) < 4.78 is 1.73.